The van der Waals surface area contributed by atoms with E-state index in [2.05, 4.69) is 0 Å². The van der Waals surface area contributed by atoms with E-state index in [0.29, 0.717) is 11.6 Å². The van der Waals surface area contributed by atoms with Crippen molar-refractivity contribution in [2.75, 3.05) is 26.0 Å². The number of hydrogen-bond acceptors (Lipinski definition) is 3. The van der Waals surface area contributed by atoms with Crippen LogP contribution in [0.4, 0.5) is 5.69 Å². The molecule has 4 nitrogen and oxygen atoms in total. The first kappa shape index (κ1) is 16.8. The number of sulfonamides is 1. The number of benzene rings is 2. The molecule has 0 heterocycles. The molecule has 0 bridgehead atoms. The molecule has 0 atom stereocenters. The molecule has 0 saturated carbocycles. The molecular formula is C16H19ClN2O2S. The van der Waals surface area contributed by atoms with Crippen LogP contribution < -0.4 is 4.90 Å². The average Bonchev–Trinajstić information content (AvgIpc) is 2.47. The summed E-state index contributed by atoms with van der Waals surface area (Å²) in [5, 5.41) is 0.407. The van der Waals surface area contributed by atoms with E-state index >= 15 is 0 Å². The number of rotatable bonds is 5. The monoisotopic (exact) mass is 338 g/mol. The second-order valence-corrected chi connectivity index (χ2v) is 7.76. The molecule has 0 unspecified atom stereocenters. The van der Waals surface area contributed by atoms with Crippen molar-refractivity contribution in [2.45, 2.75) is 11.4 Å². The van der Waals surface area contributed by atoms with Crippen molar-refractivity contribution < 1.29 is 8.42 Å². The molecule has 0 N–H and O–H groups in total. The smallest absolute Gasteiger partial charge is 0.243 e. The van der Waals surface area contributed by atoms with Crippen molar-refractivity contribution in [3.05, 3.63) is 59.1 Å². The van der Waals surface area contributed by atoms with Crippen molar-refractivity contribution in [3.8, 4) is 0 Å². The third-order valence-electron chi connectivity index (χ3n) is 3.36. The highest BCUT2D eigenvalue weighted by Crippen LogP contribution is 2.21. The summed E-state index contributed by atoms with van der Waals surface area (Å²) in [5.41, 5.74) is 2.00. The molecule has 0 saturated heterocycles. The van der Waals surface area contributed by atoms with Gasteiger partial charge in [-0.3, -0.25) is 0 Å². The first-order chi connectivity index (χ1) is 10.3. The highest BCUT2D eigenvalue weighted by Gasteiger charge is 2.21. The minimum Gasteiger partial charge on any atom is -0.378 e. The first-order valence-corrected chi connectivity index (χ1v) is 8.60. The van der Waals surface area contributed by atoms with Gasteiger partial charge in [-0.2, -0.15) is 4.31 Å². The summed E-state index contributed by atoms with van der Waals surface area (Å²) in [6.07, 6.45) is 0. The zero-order valence-corrected chi connectivity index (χ0v) is 14.4. The van der Waals surface area contributed by atoms with Gasteiger partial charge in [0.15, 0.2) is 0 Å². The molecule has 2 aromatic carbocycles. The largest absolute Gasteiger partial charge is 0.378 e. The zero-order valence-electron chi connectivity index (χ0n) is 12.8. The van der Waals surface area contributed by atoms with Crippen LogP contribution >= 0.6 is 11.6 Å². The van der Waals surface area contributed by atoms with Crippen LogP contribution in [-0.2, 0) is 16.6 Å². The summed E-state index contributed by atoms with van der Waals surface area (Å²) in [5.74, 6) is 0. The van der Waals surface area contributed by atoms with Crippen molar-refractivity contribution >= 4 is 27.3 Å². The maximum Gasteiger partial charge on any atom is 0.243 e. The van der Waals surface area contributed by atoms with E-state index in [1.807, 2.05) is 43.3 Å². The number of nitrogens with zero attached hydrogens (tertiary/aromatic N) is 2. The predicted molar refractivity (Wildman–Crippen MR) is 90.9 cm³/mol. The summed E-state index contributed by atoms with van der Waals surface area (Å²) in [4.78, 5) is 2.20. The Labute approximate surface area is 137 Å². The van der Waals surface area contributed by atoms with Gasteiger partial charge in [0.05, 0.1) is 4.90 Å². The Morgan fingerprint density at radius 2 is 1.64 bits per heavy atom. The SMILES string of the molecule is CN(C)c1ccc(CN(C)S(=O)(=O)c2cccc(Cl)c2)cc1. The highest BCUT2D eigenvalue weighted by molar-refractivity contribution is 7.89. The van der Waals surface area contributed by atoms with Gasteiger partial charge in [-0.05, 0) is 35.9 Å². The standard InChI is InChI=1S/C16H19ClN2O2S/c1-18(2)15-9-7-13(8-10-15)12-19(3)22(20,21)16-6-4-5-14(17)11-16/h4-11H,12H2,1-3H3. The maximum absolute atomic E-state index is 12.5. The van der Waals surface area contributed by atoms with E-state index < -0.39 is 10.0 Å². The molecule has 0 aliphatic rings. The van der Waals surface area contributed by atoms with E-state index in [0.717, 1.165) is 11.3 Å². The molecule has 0 aliphatic heterocycles. The van der Waals surface area contributed by atoms with Gasteiger partial charge in [-0.1, -0.05) is 29.8 Å². The van der Waals surface area contributed by atoms with Crippen molar-refractivity contribution in [2.24, 2.45) is 0 Å². The Hall–Kier alpha value is -1.56. The lowest BCUT2D eigenvalue weighted by atomic mass is 10.2. The lowest BCUT2D eigenvalue weighted by molar-refractivity contribution is 0.467. The molecule has 2 aromatic rings. The molecule has 0 spiro atoms. The lowest BCUT2D eigenvalue weighted by Crippen LogP contribution is -2.26. The highest BCUT2D eigenvalue weighted by atomic mass is 35.5. The maximum atomic E-state index is 12.5. The van der Waals surface area contributed by atoms with Crippen LogP contribution in [0.1, 0.15) is 5.56 Å². The molecule has 6 heteroatoms. The van der Waals surface area contributed by atoms with Crippen LogP contribution in [0.2, 0.25) is 5.02 Å². The molecular weight excluding hydrogens is 320 g/mol. The van der Waals surface area contributed by atoms with E-state index in [-0.39, 0.29) is 4.90 Å². The Morgan fingerprint density at radius 3 is 2.18 bits per heavy atom. The van der Waals surface area contributed by atoms with Crippen LogP contribution in [0.25, 0.3) is 0 Å². The summed E-state index contributed by atoms with van der Waals surface area (Å²) in [7, 11) is 1.94. The van der Waals surface area contributed by atoms with Gasteiger partial charge in [0.2, 0.25) is 10.0 Å². The molecule has 0 aromatic heterocycles. The normalized spacial score (nSPS) is 11.7. The fourth-order valence-electron chi connectivity index (χ4n) is 2.05. The van der Waals surface area contributed by atoms with Crippen LogP contribution in [0.3, 0.4) is 0 Å². The van der Waals surface area contributed by atoms with E-state index in [9.17, 15) is 8.42 Å². The van der Waals surface area contributed by atoms with Gasteiger partial charge in [-0.25, -0.2) is 8.42 Å². The average molecular weight is 339 g/mol. The van der Waals surface area contributed by atoms with Gasteiger partial charge >= 0.3 is 0 Å². The molecule has 118 valence electrons. The predicted octanol–water partition coefficient (Wildman–Crippen LogP) is 3.23. The summed E-state index contributed by atoms with van der Waals surface area (Å²) in [6, 6.07) is 14.1. The second-order valence-electron chi connectivity index (χ2n) is 5.28. The van der Waals surface area contributed by atoms with Crippen LogP contribution in [0.5, 0.6) is 0 Å². The Bertz CT molecular complexity index is 743. The summed E-state index contributed by atoms with van der Waals surface area (Å²) in [6.45, 7) is 0.308. The Kier molecular flexibility index (Phi) is 5.11. The lowest BCUT2D eigenvalue weighted by Gasteiger charge is -2.18. The zero-order chi connectivity index (χ0) is 16.3. The van der Waals surface area contributed by atoms with E-state index in [1.165, 1.54) is 10.4 Å². The van der Waals surface area contributed by atoms with Crippen molar-refractivity contribution in [1.29, 1.82) is 0 Å². The Morgan fingerprint density at radius 1 is 1.00 bits per heavy atom. The minimum absolute atomic E-state index is 0.201. The van der Waals surface area contributed by atoms with Crippen LogP contribution in [0, 0.1) is 0 Å². The fourth-order valence-corrected chi connectivity index (χ4v) is 3.51. The third-order valence-corrected chi connectivity index (χ3v) is 5.40. The summed E-state index contributed by atoms with van der Waals surface area (Å²) >= 11 is 5.88. The van der Waals surface area contributed by atoms with Crippen LogP contribution in [-0.4, -0.2) is 33.9 Å². The minimum atomic E-state index is -3.55. The van der Waals surface area contributed by atoms with Crippen LogP contribution in [0.15, 0.2) is 53.4 Å². The quantitative estimate of drug-likeness (QED) is 0.840. The third kappa shape index (κ3) is 3.80. The first-order valence-electron chi connectivity index (χ1n) is 6.79. The molecule has 0 radical (unpaired) electrons. The summed E-state index contributed by atoms with van der Waals surface area (Å²) < 4.78 is 26.4. The molecule has 22 heavy (non-hydrogen) atoms. The van der Waals surface area contributed by atoms with Crippen molar-refractivity contribution in [1.82, 2.24) is 4.31 Å². The van der Waals surface area contributed by atoms with E-state index in [1.54, 1.807) is 25.2 Å². The molecule has 0 aliphatic carbocycles. The van der Waals surface area contributed by atoms with Gasteiger partial charge in [-0.15, -0.1) is 0 Å². The molecule has 0 fully saturated rings. The second kappa shape index (κ2) is 6.69. The van der Waals surface area contributed by atoms with Gasteiger partial charge in [0.1, 0.15) is 0 Å². The molecule has 2 rings (SSSR count). The van der Waals surface area contributed by atoms with Gasteiger partial charge in [0.25, 0.3) is 0 Å². The van der Waals surface area contributed by atoms with Gasteiger partial charge < -0.3 is 4.90 Å². The number of anilines is 1. The van der Waals surface area contributed by atoms with Crippen molar-refractivity contribution in [3.63, 3.8) is 0 Å². The van der Waals surface area contributed by atoms with E-state index in [4.69, 9.17) is 11.6 Å². The fraction of sp³-hybridized carbons (Fsp3) is 0.250. The number of hydrogen-bond donors (Lipinski definition) is 0. The number of halogens is 1. The molecule has 0 amide bonds. The Balaban J connectivity index is 2.19. The topological polar surface area (TPSA) is 40.6 Å². The van der Waals surface area contributed by atoms with Gasteiger partial charge in [0, 0.05) is 38.4 Å².